The Bertz CT molecular complexity index is 718. The van der Waals surface area contributed by atoms with Gasteiger partial charge in [-0.15, -0.1) is 0 Å². The predicted octanol–water partition coefficient (Wildman–Crippen LogP) is 3.80. The van der Waals surface area contributed by atoms with Crippen molar-refractivity contribution in [3.8, 4) is 17.1 Å². The van der Waals surface area contributed by atoms with E-state index in [0.29, 0.717) is 30.5 Å². The Morgan fingerprint density at radius 1 is 1.32 bits per heavy atom. The van der Waals surface area contributed by atoms with Crippen molar-refractivity contribution in [2.24, 2.45) is 0 Å². The summed E-state index contributed by atoms with van der Waals surface area (Å²) in [6.45, 7) is 3.90. The summed E-state index contributed by atoms with van der Waals surface area (Å²) >= 11 is 0. The number of hydrogen-bond acceptors (Lipinski definition) is 5. The zero-order valence-electron chi connectivity index (χ0n) is 12.7. The number of carbonyl (C=O) groups excluding carboxylic acids is 1. The van der Waals surface area contributed by atoms with Crippen LogP contribution in [-0.4, -0.2) is 18.3 Å². The first-order chi connectivity index (χ1) is 10.6. The maximum Gasteiger partial charge on any atom is 0.311 e. The molecule has 0 saturated carbocycles. The minimum atomic E-state index is -0.468. The van der Waals surface area contributed by atoms with Crippen molar-refractivity contribution in [1.29, 1.82) is 0 Å². The van der Waals surface area contributed by atoms with Crippen LogP contribution < -0.4 is 4.74 Å². The lowest BCUT2D eigenvalue weighted by molar-refractivity contribution is -0.385. The Labute approximate surface area is 127 Å². The van der Waals surface area contributed by atoms with Gasteiger partial charge in [0.05, 0.1) is 17.6 Å². The maximum atomic E-state index is 11.3. The van der Waals surface area contributed by atoms with Crippen molar-refractivity contribution >= 4 is 12.0 Å². The predicted molar refractivity (Wildman–Crippen MR) is 81.5 cm³/mol. The molecule has 0 atom stereocenters. The van der Waals surface area contributed by atoms with E-state index in [-0.39, 0.29) is 17.2 Å². The second-order valence-electron chi connectivity index (χ2n) is 4.73. The summed E-state index contributed by atoms with van der Waals surface area (Å²) in [5.41, 5.74) is 2.24. The topological polar surface area (TPSA) is 82.6 Å². The molecular weight excluding hydrogens is 286 g/mol. The molecule has 0 N–H and O–H groups in total. The summed E-state index contributed by atoms with van der Waals surface area (Å²) < 4.78 is 10.8. The van der Waals surface area contributed by atoms with Gasteiger partial charge in [-0.1, -0.05) is 13.8 Å². The van der Waals surface area contributed by atoms with Gasteiger partial charge in [0.2, 0.25) is 5.75 Å². The zero-order chi connectivity index (χ0) is 16.3. The van der Waals surface area contributed by atoms with E-state index in [1.165, 1.54) is 13.2 Å². The highest BCUT2D eigenvalue weighted by Crippen LogP contribution is 2.43. The van der Waals surface area contributed by atoms with Gasteiger partial charge in [0, 0.05) is 6.07 Å². The molecule has 0 amide bonds. The molecule has 0 fully saturated rings. The van der Waals surface area contributed by atoms with Gasteiger partial charge in [-0.2, -0.15) is 0 Å². The van der Waals surface area contributed by atoms with Crippen LogP contribution in [0, 0.1) is 10.1 Å². The van der Waals surface area contributed by atoms with E-state index in [0.717, 1.165) is 11.1 Å². The smallest absolute Gasteiger partial charge is 0.311 e. The first kappa shape index (κ1) is 15.8. The lowest BCUT2D eigenvalue weighted by Gasteiger charge is -2.15. The molecule has 0 unspecified atom stereocenters. The first-order valence-electron chi connectivity index (χ1n) is 6.99. The molecule has 1 aromatic carbocycles. The third-order valence-corrected chi connectivity index (χ3v) is 3.58. The molecule has 116 valence electrons. The van der Waals surface area contributed by atoms with E-state index >= 15 is 0 Å². The van der Waals surface area contributed by atoms with Gasteiger partial charge in [-0.25, -0.2) is 0 Å². The summed E-state index contributed by atoms with van der Waals surface area (Å²) in [5, 5.41) is 11.3. The number of aldehydes is 1. The molecule has 2 rings (SSSR count). The van der Waals surface area contributed by atoms with Gasteiger partial charge in [0.25, 0.3) is 0 Å². The van der Waals surface area contributed by atoms with E-state index < -0.39 is 4.92 Å². The third kappa shape index (κ3) is 2.59. The number of nitrogens with zero attached hydrogens (tertiary/aromatic N) is 1. The van der Waals surface area contributed by atoms with Crippen molar-refractivity contribution in [2.45, 2.75) is 26.7 Å². The molecule has 6 heteroatoms. The fraction of sp³-hybridized carbons (Fsp3) is 0.312. The van der Waals surface area contributed by atoms with Crippen LogP contribution >= 0.6 is 0 Å². The normalized spacial score (nSPS) is 10.5. The Morgan fingerprint density at radius 2 is 2.05 bits per heavy atom. The average Bonchev–Trinajstić information content (AvgIpc) is 3.00. The molecule has 22 heavy (non-hydrogen) atoms. The highest BCUT2D eigenvalue weighted by Gasteiger charge is 2.26. The lowest BCUT2D eigenvalue weighted by Crippen LogP contribution is -2.03. The second kappa shape index (κ2) is 6.43. The van der Waals surface area contributed by atoms with Crippen molar-refractivity contribution < 1.29 is 18.9 Å². The Hall–Kier alpha value is -2.63. The number of aryl methyl sites for hydroxylation is 1. The first-order valence-corrected chi connectivity index (χ1v) is 6.99. The second-order valence-corrected chi connectivity index (χ2v) is 4.73. The SMILES string of the molecule is CCc1cc([N+](=O)[O-])c(OC)c(-c2ccc(C=O)o2)c1CC. The standard InChI is InChI=1S/C16H17NO5/c1-4-10-8-13(17(19)20)16(21-3)15(12(10)5-2)14-7-6-11(9-18)22-14/h6-9H,4-5H2,1-3H3. The molecular formula is C16H17NO5. The molecule has 1 aromatic heterocycles. The number of carbonyl (C=O) groups is 1. The fourth-order valence-corrected chi connectivity index (χ4v) is 2.62. The number of methoxy groups -OCH3 is 1. The van der Waals surface area contributed by atoms with Crippen LogP contribution in [0.25, 0.3) is 11.3 Å². The van der Waals surface area contributed by atoms with Crippen molar-refractivity contribution in [2.75, 3.05) is 7.11 Å². The maximum absolute atomic E-state index is 11.3. The van der Waals surface area contributed by atoms with Gasteiger partial charge in [-0.3, -0.25) is 14.9 Å². The number of rotatable bonds is 6. The quantitative estimate of drug-likeness (QED) is 0.460. The van der Waals surface area contributed by atoms with Gasteiger partial charge < -0.3 is 9.15 Å². The number of hydrogen-bond donors (Lipinski definition) is 0. The van der Waals surface area contributed by atoms with Gasteiger partial charge >= 0.3 is 5.69 Å². The molecule has 2 aromatic rings. The Balaban J connectivity index is 2.85. The van der Waals surface area contributed by atoms with Crippen molar-refractivity contribution in [3.05, 3.63) is 45.2 Å². The van der Waals surface area contributed by atoms with Gasteiger partial charge in [-0.05, 0) is 36.1 Å². The van der Waals surface area contributed by atoms with Crippen LogP contribution in [0.5, 0.6) is 5.75 Å². The summed E-state index contributed by atoms with van der Waals surface area (Å²) in [4.78, 5) is 21.7. The lowest BCUT2D eigenvalue weighted by atomic mass is 9.93. The minimum Gasteiger partial charge on any atom is -0.490 e. The molecule has 0 aliphatic heterocycles. The van der Waals surface area contributed by atoms with E-state index in [9.17, 15) is 14.9 Å². The van der Waals surface area contributed by atoms with E-state index in [1.54, 1.807) is 12.1 Å². The molecule has 0 aliphatic carbocycles. The molecule has 0 saturated heterocycles. The number of ether oxygens (including phenoxy) is 1. The number of nitro groups is 1. The zero-order valence-corrected chi connectivity index (χ0v) is 12.7. The molecule has 1 heterocycles. The van der Waals surface area contributed by atoms with Crippen LogP contribution in [0.2, 0.25) is 0 Å². The van der Waals surface area contributed by atoms with Crippen LogP contribution in [0.15, 0.2) is 22.6 Å². The van der Waals surface area contributed by atoms with Gasteiger partial charge in [0.15, 0.2) is 12.0 Å². The summed E-state index contributed by atoms with van der Waals surface area (Å²) in [7, 11) is 1.39. The Morgan fingerprint density at radius 3 is 2.50 bits per heavy atom. The number of nitro benzene ring substituents is 1. The fourth-order valence-electron chi connectivity index (χ4n) is 2.62. The molecule has 0 bridgehead atoms. The van der Waals surface area contributed by atoms with E-state index in [2.05, 4.69) is 0 Å². The number of benzene rings is 1. The average molecular weight is 303 g/mol. The van der Waals surface area contributed by atoms with Crippen LogP contribution in [0.1, 0.15) is 35.5 Å². The molecule has 0 aliphatic rings. The van der Waals surface area contributed by atoms with Crippen LogP contribution in [0.3, 0.4) is 0 Å². The summed E-state index contributed by atoms with van der Waals surface area (Å²) in [6, 6.07) is 4.71. The van der Waals surface area contributed by atoms with E-state index in [1.807, 2.05) is 13.8 Å². The summed E-state index contributed by atoms with van der Waals surface area (Å²) in [6.07, 6.45) is 1.92. The number of furan rings is 1. The minimum absolute atomic E-state index is 0.101. The third-order valence-electron chi connectivity index (χ3n) is 3.58. The Kier molecular flexibility index (Phi) is 4.60. The molecule has 0 radical (unpaired) electrons. The molecule has 0 spiro atoms. The highest BCUT2D eigenvalue weighted by molar-refractivity contribution is 5.80. The van der Waals surface area contributed by atoms with Crippen LogP contribution in [-0.2, 0) is 12.8 Å². The largest absolute Gasteiger partial charge is 0.490 e. The van der Waals surface area contributed by atoms with Gasteiger partial charge in [0.1, 0.15) is 5.76 Å². The van der Waals surface area contributed by atoms with Crippen molar-refractivity contribution in [1.82, 2.24) is 0 Å². The summed E-state index contributed by atoms with van der Waals surface area (Å²) in [5.74, 6) is 0.726. The van der Waals surface area contributed by atoms with Crippen molar-refractivity contribution in [3.63, 3.8) is 0 Å². The van der Waals surface area contributed by atoms with Crippen LogP contribution in [0.4, 0.5) is 5.69 Å². The highest BCUT2D eigenvalue weighted by atomic mass is 16.6. The van der Waals surface area contributed by atoms with E-state index in [4.69, 9.17) is 9.15 Å². The monoisotopic (exact) mass is 303 g/mol. The molecule has 6 nitrogen and oxygen atoms in total.